The molecule has 1 aromatic carbocycles. The van der Waals surface area contributed by atoms with Crippen molar-refractivity contribution in [3.63, 3.8) is 0 Å². The maximum atomic E-state index is 11.6. The van der Waals surface area contributed by atoms with Crippen molar-refractivity contribution in [2.24, 2.45) is 0 Å². The van der Waals surface area contributed by atoms with Gasteiger partial charge in [0.15, 0.2) is 0 Å². The van der Waals surface area contributed by atoms with Crippen LogP contribution in [-0.4, -0.2) is 27.8 Å². The average molecular weight is 316 g/mol. The summed E-state index contributed by atoms with van der Waals surface area (Å²) in [5.74, 6) is -0.508. The molecule has 0 fully saturated rings. The zero-order chi connectivity index (χ0) is 13.9. The number of rotatable bonds is 4. The number of nitrogens with one attached hydrogen (secondary N) is 1. The number of benzene rings is 1. The van der Waals surface area contributed by atoms with Crippen molar-refractivity contribution in [2.45, 2.75) is 38.5 Å². The van der Waals surface area contributed by atoms with E-state index in [0.717, 1.165) is 4.47 Å². The van der Waals surface area contributed by atoms with Gasteiger partial charge in [0.2, 0.25) is 0 Å². The van der Waals surface area contributed by atoms with E-state index < -0.39 is 23.7 Å². The van der Waals surface area contributed by atoms with E-state index in [9.17, 15) is 15.0 Å². The normalized spacial score (nSPS) is 15.0. The van der Waals surface area contributed by atoms with E-state index in [-0.39, 0.29) is 0 Å². The number of halogens is 1. The van der Waals surface area contributed by atoms with Crippen LogP contribution >= 0.6 is 15.9 Å². The molecule has 4 nitrogen and oxygen atoms in total. The molecule has 100 valence electrons. The summed E-state index contributed by atoms with van der Waals surface area (Å²) in [5.41, 5.74) is -0.741. The Morgan fingerprint density at radius 1 is 1.33 bits per heavy atom. The van der Waals surface area contributed by atoms with Crippen LogP contribution in [0.2, 0.25) is 0 Å². The number of amides is 1. The molecule has 0 saturated heterocycles. The van der Waals surface area contributed by atoms with Gasteiger partial charge >= 0.3 is 0 Å². The number of carbonyl (C=O) groups is 1. The molecule has 0 radical (unpaired) electrons. The lowest BCUT2D eigenvalue weighted by Gasteiger charge is -2.24. The maximum absolute atomic E-state index is 11.6. The van der Waals surface area contributed by atoms with Gasteiger partial charge in [0.25, 0.3) is 5.91 Å². The molecule has 0 aliphatic rings. The molecule has 2 atom stereocenters. The minimum Gasteiger partial charge on any atom is -0.386 e. The first-order valence-corrected chi connectivity index (χ1v) is 6.48. The summed E-state index contributed by atoms with van der Waals surface area (Å²) in [6, 6.07) is 6.72. The van der Waals surface area contributed by atoms with Crippen LogP contribution in [0.25, 0.3) is 0 Å². The van der Waals surface area contributed by atoms with Gasteiger partial charge in [-0.25, -0.2) is 0 Å². The lowest BCUT2D eigenvalue weighted by molar-refractivity contribution is -0.137. The maximum Gasteiger partial charge on any atom is 0.251 e. The highest BCUT2D eigenvalue weighted by molar-refractivity contribution is 9.10. The quantitative estimate of drug-likeness (QED) is 0.793. The monoisotopic (exact) mass is 315 g/mol. The van der Waals surface area contributed by atoms with E-state index in [2.05, 4.69) is 21.2 Å². The molecule has 18 heavy (non-hydrogen) atoms. The molecule has 2 unspecified atom stereocenters. The first-order valence-electron chi connectivity index (χ1n) is 5.68. The lowest BCUT2D eigenvalue weighted by Crippen LogP contribution is -2.47. The van der Waals surface area contributed by atoms with Crippen LogP contribution in [0.5, 0.6) is 0 Å². The third-order valence-electron chi connectivity index (χ3n) is 2.60. The molecule has 0 bridgehead atoms. The first kappa shape index (κ1) is 15.1. The summed E-state index contributed by atoms with van der Waals surface area (Å²) in [6.07, 6.45) is -0.815. The molecule has 0 spiro atoms. The third kappa shape index (κ3) is 4.08. The number of aliphatic hydroxyl groups excluding tert-OH is 1. The molecule has 0 heterocycles. The van der Waals surface area contributed by atoms with Crippen molar-refractivity contribution in [1.82, 2.24) is 5.32 Å². The zero-order valence-electron chi connectivity index (χ0n) is 10.6. The van der Waals surface area contributed by atoms with Gasteiger partial charge in [-0.05, 0) is 38.5 Å². The summed E-state index contributed by atoms with van der Waals surface area (Å²) in [7, 11) is 0. The van der Waals surface area contributed by atoms with Gasteiger partial charge in [0.1, 0.15) is 5.60 Å². The molecule has 5 heteroatoms. The van der Waals surface area contributed by atoms with Crippen molar-refractivity contribution < 1.29 is 15.0 Å². The largest absolute Gasteiger partial charge is 0.386 e. The van der Waals surface area contributed by atoms with E-state index in [1.165, 1.54) is 13.8 Å². The van der Waals surface area contributed by atoms with E-state index >= 15 is 0 Å². The Morgan fingerprint density at radius 2 is 1.83 bits per heavy atom. The topological polar surface area (TPSA) is 69.6 Å². The van der Waals surface area contributed by atoms with Crippen LogP contribution in [0.15, 0.2) is 28.7 Å². The molecular formula is C13H18BrNO3. The van der Waals surface area contributed by atoms with Crippen LogP contribution in [0.3, 0.4) is 0 Å². The van der Waals surface area contributed by atoms with Crippen LogP contribution in [0, 0.1) is 0 Å². The average Bonchev–Trinajstić information content (AvgIpc) is 2.27. The molecule has 3 N–H and O–H groups in total. The van der Waals surface area contributed by atoms with E-state index in [0.29, 0.717) is 5.56 Å². The second kappa shape index (κ2) is 5.82. The Bertz CT molecular complexity index is 411. The van der Waals surface area contributed by atoms with E-state index in [1.54, 1.807) is 19.1 Å². The van der Waals surface area contributed by atoms with Crippen LogP contribution in [-0.2, 0) is 4.79 Å². The number of hydrogen-bond donors (Lipinski definition) is 3. The zero-order valence-corrected chi connectivity index (χ0v) is 12.2. The fourth-order valence-electron chi connectivity index (χ4n) is 1.41. The second-order valence-electron chi connectivity index (χ2n) is 4.82. The highest BCUT2D eigenvalue weighted by Crippen LogP contribution is 2.19. The molecule has 0 saturated carbocycles. The highest BCUT2D eigenvalue weighted by atomic mass is 79.9. The van der Waals surface area contributed by atoms with Gasteiger partial charge in [-0.15, -0.1) is 0 Å². The minimum absolute atomic E-state index is 0.481. The Morgan fingerprint density at radius 3 is 2.28 bits per heavy atom. The Hall–Kier alpha value is -0.910. The lowest BCUT2D eigenvalue weighted by atomic mass is 10.0. The predicted molar refractivity (Wildman–Crippen MR) is 73.0 cm³/mol. The fraction of sp³-hybridized carbons (Fsp3) is 0.462. The smallest absolute Gasteiger partial charge is 0.251 e. The van der Waals surface area contributed by atoms with Crippen LogP contribution in [0.4, 0.5) is 0 Å². The van der Waals surface area contributed by atoms with Gasteiger partial charge < -0.3 is 15.5 Å². The van der Waals surface area contributed by atoms with Crippen molar-refractivity contribution in [3.05, 3.63) is 34.3 Å². The van der Waals surface area contributed by atoms with E-state index in [1.807, 2.05) is 12.1 Å². The van der Waals surface area contributed by atoms with Gasteiger partial charge in [-0.3, -0.25) is 4.79 Å². The van der Waals surface area contributed by atoms with Crippen molar-refractivity contribution >= 4 is 21.8 Å². The standard InChI is InChI=1S/C13H18BrNO3/c1-8(15-12(17)13(2,3)18)11(16)9-4-6-10(14)7-5-9/h4-8,11,16,18H,1-3H3,(H,15,17). The number of hydrogen-bond acceptors (Lipinski definition) is 3. The van der Waals surface area contributed by atoms with Crippen LogP contribution in [0.1, 0.15) is 32.4 Å². The molecule has 0 aliphatic carbocycles. The summed E-state index contributed by atoms with van der Waals surface area (Å²) in [5, 5.41) is 22.2. The third-order valence-corrected chi connectivity index (χ3v) is 3.13. The summed E-state index contributed by atoms with van der Waals surface area (Å²) >= 11 is 3.31. The first-order chi connectivity index (χ1) is 8.21. The molecule has 0 aliphatic heterocycles. The molecule has 1 aromatic rings. The van der Waals surface area contributed by atoms with Crippen molar-refractivity contribution in [1.29, 1.82) is 0 Å². The molecule has 1 amide bonds. The Labute approximate surface area is 115 Å². The predicted octanol–water partition coefficient (Wildman–Crippen LogP) is 1.76. The Balaban J connectivity index is 2.70. The number of carbonyl (C=O) groups excluding carboxylic acids is 1. The van der Waals surface area contributed by atoms with Crippen LogP contribution < -0.4 is 5.32 Å². The minimum atomic E-state index is -1.45. The Kier molecular flexibility index (Phi) is 4.90. The van der Waals surface area contributed by atoms with E-state index in [4.69, 9.17) is 0 Å². The molecule has 1 rings (SSSR count). The summed E-state index contributed by atoms with van der Waals surface area (Å²) < 4.78 is 0.923. The summed E-state index contributed by atoms with van der Waals surface area (Å²) in [4.78, 5) is 11.6. The number of aliphatic hydroxyl groups is 2. The van der Waals surface area contributed by atoms with Gasteiger partial charge in [0, 0.05) is 4.47 Å². The fourth-order valence-corrected chi connectivity index (χ4v) is 1.68. The second-order valence-corrected chi connectivity index (χ2v) is 5.73. The van der Waals surface area contributed by atoms with Crippen molar-refractivity contribution in [3.8, 4) is 0 Å². The van der Waals surface area contributed by atoms with Crippen molar-refractivity contribution in [2.75, 3.05) is 0 Å². The van der Waals surface area contributed by atoms with Gasteiger partial charge in [0.05, 0.1) is 12.1 Å². The highest BCUT2D eigenvalue weighted by Gasteiger charge is 2.27. The SMILES string of the molecule is CC(NC(=O)C(C)(C)O)C(O)c1ccc(Br)cc1. The molecular weight excluding hydrogens is 298 g/mol. The van der Waals surface area contributed by atoms with Gasteiger partial charge in [-0.1, -0.05) is 28.1 Å². The summed E-state index contributed by atoms with van der Waals surface area (Å²) in [6.45, 7) is 4.50. The van der Waals surface area contributed by atoms with Gasteiger partial charge in [-0.2, -0.15) is 0 Å². The molecule has 0 aromatic heterocycles.